The van der Waals surface area contributed by atoms with E-state index in [-0.39, 0.29) is 22.3 Å². The Labute approximate surface area is 201 Å². The highest BCUT2D eigenvalue weighted by atomic mass is 35.5. The van der Waals surface area contributed by atoms with Gasteiger partial charge in [0, 0.05) is 30.8 Å². The van der Waals surface area contributed by atoms with E-state index in [4.69, 9.17) is 31.5 Å². The fourth-order valence-corrected chi connectivity index (χ4v) is 3.90. The number of nitrogens with two attached hydrogens (primary N) is 1. The zero-order valence-corrected chi connectivity index (χ0v) is 19.4. The van der Waals surface area contributed by atoms with Gasteiger partial charge in [-0.3, -0.25) is 4.90 Å². The molecule has 1 aliphatic rings. The normalized spacial score (nSPS) is 15.2. The molecule has 1 fully saturated rings. The second kappa shape index (κ2) is 10.9. The number of benzene rings is 2. The standard InChI is InChI=1S/C24H25ClF2N4O3/c1-15(21-18(26)6-7-19(27)22(21)25)34-24-23(28)29-14-20(30-24)16-2-4-17(5-3-16)33-13-10-31-8-11-32-12-9-31/h2-7,14-15H,8-13H2,1H3,(H2,28,29). The predicted octanol–water partition coefficient (Wildman–Crippen LogP) is 4.51. The maximum Gasteiger partial charge on any atom is 0.258 e. The third-order valence-corrected chi connectivity index (χ3v) is 5.86. The molecule has 0 amide bonds. The molecule has 2 heterocycles. The summed E-state index contributed by atoms with van der Waals surface area (Å²) in [7, 11) is 0. The minimum Gasteiger partial charge on any atom is -0.492 e. The molecule has 0 aliphatic carbocycles. The van der Waals surface area contributed by atoms with Gasteiger partial charge in [0.25, 0.3) is 5.88 Å². The average molecular weight is 491 g/mol. The molecule has 1 saturated heterocycles. The van der Waals surface area contributed by atoms with E-state index in [1.807, 2.05) is 24.3 Å². The Bertz CT molecular complexity index is 1130. The molecule has 4 rings (SSSR count). The number of ether oxygens (including phenoxy) is 3. The Morgan fingerprint density at radius 1 is 1.12 bits per heavy atom. The van der Waals surface area contributed by atoms with Crippen molar-refractivity contribution >= 4 is 17.4 Å². The summed E-state index contributed by atoms with van der Waals surface area (Å²) in [5, 5.41) is -0.348. The molecule has 0 saturated carbocycles. The van der Waals surface area contributed by atoms with Gasteiger partial charge in [-0.15, -0.1) is 0 Å². The van der Waals surface area contributed by atoms with Gasteiger partial charge in [-0.2, -0.15) is 0 Å². The van der Waals surface area contributed by atoms with Crippen LogP contribution < -0.4 is 15.2 Å². The van der Waals surface area contributed by atoms with E-state index in [9.17, 15) is 8.78 Å². The van der Waals surface area contributed by atoms with Crippen molar-refractivity contribution in [2.24, 2.45) is 0 Å². The molecule has 0 spiro atoms. The summed E-state index contributed by atoms with van der Waals surface area (Å²) in [6, 6.07) is 9.34. The first-order chi connectivity index (χ1) is 16.4. The Morgan fingerprint density at radius 3 is 2.56 bits per heavy atom. The molecular weight excluding hydrogens is 466 g/mol. The average Bonchev–Trinajstić information content (AvgIpc) is 2.84. The first-order valence-corrected chi connectivity index (χ1v) is 11.3. The van der Waals surface area contributed by atoms with Gasteiger partial charge in [-0.25, -0.2) is 18.7 Å². The van der Waals surface area contributed by atoms with Gasteiger partial charge in [0.05, 0.1) is 30.1 Å². The Balaban J connectivity index is 1.43. The van der Waals surface area contributed by atoms with Crippen molar-refractivity contribution in [1.82, 2.24) is 14.9 Å². The van der Waals surface area contributed by atoms with Gasteiger partial charge in [-0.05, 0) is 43.3 Å². The monoisotopic (exact) mass is 490 g/mol. The van der Waals surface area contributed by atoms with Crippen LogP contribution in [0.4, 0.5) is 14.6 Å². The summed E-state index contributed by atoms with van der Waals surface area (Å²) in [5.74, 6) is -0.678. The number of morpholine rings is 1. The number of aromatic nitrogens is 2. The van der Waals surface area contributed by atoms with Crippen molar-refractivity contribution in [2.45, 2.75) is 13.0 Å². The molecule has 1 atom stereocenters. The third-order valence-electron chi connectivity index (χ3n) is 5.47. The number of anilines is 1. The first kappa shape index (κ1) is 24.1. The molecule has 180 valence electrons. The summed E-state index contributed by atoms with van der Waals surface area (Å²) in [4.78, 5) is 10.8. The molecule has 34 heavy (non-hydrogen) atoms. The van der Waals surface area contributed by atoms with E-state index in [1.165, 1.54) is 13.1 Å². The van der Waals surface area contributed by atoms with E-state index in [1.54, 1.807) is 0 Å². The van der Waals surface area contributed by atoms with Crippen LogP contribution in [-0.2, 0) is 4.74 Å². The van der Waals surface area contributed by atoms with Crippen LogP contribution in [0.25, 0.3) is 11.3 Å². The number of nitrogens with zero attached hydrogens (tertiary/aromatic N) is 3. The molecular formula is C24H25ClF2N4O3. The molecule has 0 radical (unpaired) electrons. The van der Waals surface area contributed by atoms with E-state index in [0.29, 0.717) is 12.3 Å². The molecule has 2 N–H and O–H groups in total. The summed E-state index contributed by atoms with van der Waals surface area (Å²) in [6.07, 6.45) is 0.564. The third kappa shape index (κ3) is 5.72. The van der Waals surface area contributed by atoms with Crippen LogP contribution in [0.1, 0.15) is 18.6 Å². The summed E-state index contributed by atoms with van der Waals surface area (Å²) in [6.45, 7) is 6.29. The SMILES string of the molecule is CC(Oc1nc(-c2ccc(OCCN3CCOCC3)cc2)cnc1N)c1c(F)ccc(F)c1Cl. The summed E-state index contributed by atoms with van der Waals surface area (Å²) < 4.78 is 44.9. The Hall–Kier alpha value is -3.01. The van der Waals surface area contributed by atoms with Crippen LogP contribution in [-0.4, -0.2) is 54.3 Å². The second-order valence-corrected chi connectivity index (χ2v) is 8.17. The highest BCUT2D eigenvalue weighted by Crippen LogP contribution is 2.33. The van der Waals surface area contributed by atoms with Gasteiger partial charge in [0.1, 0.15) is 30.1 Å². The van der Waals surface area contributed by atoms with Crippen molar-refractivity contribution < 1.29 is 23.0 Å². The van der Waals surface area contributed by atoms with E-state index in [2.05, 4.69) is 14.9 Å². The maximum atomic E-state index is 14.2. The lowest BCUT2D eigenvalue weighted by Crippen LogP contribution is -2.38. The molecule has 7 nitrogen and oxygen atoms in total. The topological polar surface area (TPSA) is 82.7 Å². The van der Waals surface area contributed by atoms with E-state index >= 15 is 0 Å². The Kier molecular flexibility index (Phi) is 7.77. The molecule has 10 heteroatoms. The van der Waals surface area contributed by atoms with Crippen LogP contribution in [0, 0.1) is 11.6 Å². The smallest absolute Gasteiger partial charge is 0.258 e. The second-order valence-electron chi connectivity index (χ2n) is 7.79. The molecule has 1 aromatic heterocycles. The predicted molar refractivity (Wildman–Crippen MR) is 125 cm³/mol. The van der Waals surface area contributed by atoms with Crippen molar-refractivity contribution in [2.75, 3.05) is 45.2 Å². The van der Waals surface area contributed by atoms with Gasteiger partial charge in [0.15, 0.2) is 5.82 Å². The largest absolute Gasteiger partial charge is 0.492 e. The number of hydrogen-bond acceptors (Lipinski definition) is 7. The molecule has 3 aromatic rings. The van der Waals surface area contributed by atoms with Crippen LogP contribution in [0.15, 0.2) is 42.6 Å². The lowest BCUT2D eigenvalue weighted by Gasteiger charge is -2.26. The Morgan fingerprint density at radius 2 is 1.82 bits per heavy atom. The zero-order valence-electron chi connectivity index (χ0n) is 18.6. The fraction of sp³-hybridized carbons (Fsp3) is 0.333. The summed E-state index contributed by atoms with van der Waals surface area (Å²) in [5.41, 5.74) is 7.06. The van der Waals surface area contributed by atoms with Gasteiger partial charge in [0.2, 0.25) is 0 Å². The maximum absolute atomic E-state index is 14.2. The van der Waals surface area contributed by atoms with Crippen LogP contribution in [0.5, 0.6) is 11.6 Å². The van der Waals surface area contributed by atoms with Gasteiger partial charge in [-0.1, -0.05) is 11.6 Å². The number of nitrogen functional groups attached to an aromatic ring is 1. The van der Waals surface area contributed by atoms with Crippen molar-refractivity contribution in [3.05, 3.63) is 64.8 Å². The van der Waals surface area contributed by atoms with Gasteiger partial charge < -0.3 is 19.9 Å². The highest BCUT2D eigenvalue weighted by Gasteiger charge is 2.21. The molecule has 1 unspecified atom stereocenters. The minimum atomic E-state index is -0.947. The summed E-state index contributed by atoms with van der Waals surface area (Å²) >= 11 is 5.94. The zero-order chi connectivity index (χ0) is 24.1. The minimum absolute atomic E-state index is 0.00411. The number of rotatable bonds is 8. The lowest BCUT2D eigenvalue weighted by atomic mass is 10.1. The van der Waals surface area contributed by atoms with E-state index < -0.39 is 17.7 Å². The van der Waals surface area contributed by atoms with Crippen molar-refractivity contribution in [3.63, 3.8) is 0 Å². The first-order valence-electron chi connectivity index (χ1n) is 10.9. The molecule has 1 aliphatic heterocycles. The number of hydrogen-bond donors (Lipinski definition) is 1. The van der Waals surface area contributed by atoms with Crippen molar-refractivity contribution in [3.8, 4) is 22.9 Å². The van der Waals surface area contributed by atoms with Crippen LogP contribution in [0.2, 0.25) is 5.02 Å². The van der Waals surface area contributed by atoms with Crippen LogP contribution in [0.3, 0.4) is 0 Å². The van der Waals surface area contributed by atoms with Gasteiger partial charge >= 0.3 is 0 Å². The van der Waals surface area contributed by atoms with Crippen molar-refractivity contribution in [1.29, 1.82) is 0 Å². The fourth-order valence-electron chi connectivity index (χ4n) is 3.59. The number of halogens is 3. The quantitative estimate of drug-likeness (QED) is 0.465. The van der Waals surface area contributed by atoms with Crippen LogP contribution >= 0.6 is 11.6 Å². The lowest BCUT2D eigenvalue weighted by molar-refractivity contribution is 0.0322. The highest BCUT2D eigenvalue weighted by molar-refractivity contribution is 6.31. The molecule has 2 aromatic carbocycles. The molecule has 0 bridgehead atoms. The van der Waals surface area contributed by atoms with E-state index in [0.717, 1.165) is 56.3 Å².